The van der Waals surface area contributed by atoms with Crippen molar-refractivity contribution in [1.29, 1.82) is 0 Å². The first kappa shape index (κ1) is 13.6. The molecule has 0 amide bonds. The fourth-order valence-electron chi connectivity index (χ4n) is 1.72. The predicted octanol–water partition coefficient (Wildman–Crippen LogP) is 3.18. The van der Waals surface area contributed by atoms with E-state index >= 15 is 0 Å². The third-order valence-corrected chi connectivity index (χ3v) is 2.67. The van der Waals surface area contributed by atoms with Gasteiger partial charge in [-0.15, -0.1) is 0 Å². The van der Waals surface area contributed by atoms with Gasteiger partial charge in [-0.1, -0.05) is 13.0 Å². The number of aryl methyl sites for hydroxylation is 2. The van der Waals surface area contributed by atoms with E-state index in [1.165, 1.54) is 11.1 Å². The Hall–Kier alpha value is -1.51. The minimum Gasteiger partial charge on any atom is -0.494 e. The molecule has 0 aliphatic carbocycles. The molecular formula is C14H20O3. The highest BCUT2D eigenvalue weighted by Gasteiger charge is 2.09. The lowest BCUT2D eigenvalue weighted by molar-refractivity contribution is -0.141. The van der Waals surface area contributed by atoms with Crippen LogP contribution < -0.4 is 4.74 Å². The summed E-state index contributed by atoms with van der Waals surface area (Å²) in [4.78, 5) is 10.6. The third kappa shape index (κ3) is 4.89. The van der Waals surface area contributed by atoms with Crippen LogP contribution in [0.5, 0.6) is 5.75 Å². The fourth-order valence-corrected chi connectivity index (χ4v) is 1.72. The van der Waals surface area contributed by atoms with Crippen LogP contribution in [0.4, 0.5) is 0 Å². The van der Waals surface area contributed by atoms with Gasteiger partial charge >= 0.3 is 5.97 Å². The molecule has 0 saturated heterocycles. The molecule has 1 atom stereocenters. The van der Waals surface area contributed by atoms with E-state index in [0.29, 0.717) is 13.0 Å². The quantitative estimate of drug-likeness (QED) is 0.772. The second kappa shape index (κ2) is 6.28. The van der Waals surface area contributed by atoms with E-state index in [2.05, 4.69) is 6.07 Å². The van der Waals surface area contributed by atoms with Crippen LogP contribution in [0.1, 0.15) is 30.9 Å². The molecule has 0 spiro atoms. The highest BCUT2D eigenvalue weighted by atomic mass is 16.5. The zero-order valence-corrected chi connectivity index (χ0v) is 10.7. The zero-order chi connectivity index (χ0) is 12.8. The number of carbonyl (C=O) groups is 1. The number of ether oxygens (including phenoxy) is 1. The molecular weight excluding hydrogens is 216 g/mol. The average Bonchev–Trinajstić information content (AvgIpc) is 2.22. The van der Waals surface area contributed by atoms with E-state index in [4.69, 9.17) is 9.84 Å². The van der Waals surface area contributed by atoms with Crippen LogP contribution in [0.2, 0.25) is 0 Å². The summed E-state index contributed by atoms with van der Waals surface area (Å²) in [5.74, 6) is -0.167. The Bertz CT molecular complexity index is 365. The zero-order valence-electron chi connectivity index (χ0n) is 10.7. The van der Waals surface area contributed by atoms with Crippen molar-refractivity contribution in [1.82, 2.24) is 0 Å². The Morgan fingerprint density at radius 2 is 1.88 bits per heavy atom. The van der Waals surface area contributed by atoms with Crippen LogP contribution in [0.25, 0.3) is 0 Å². The molecule has 1 N–H and O–H groups in total. The SMILES string of the molecule is Cc1cc(C)cc(OCCCC(C)C(=O)O)c1. The summed E-state index contributed by atoms with van der Waals surface area (Å²) in [6, 6.07) is 6.08. The Morgan fingerprint density at radius 1 is 1.29 bits per heavy atom. The van der Waals surface area contributed by atoms with Gasteiger partial charge in [0.05, 0.1) is 12.5 Å². The summed E-state index contributed by atoms with van der Waals surface area (Å²) < 4.78 is 5.60. The van der Waals surface area contributed by atoms with E-state index < -0.39 is 5.97 Å². The van der Waals surface area contributed by atoms with Crippen molar-refractivity contribution in [3.05, 3.63) is 29.3 Å². The predicted molar refractivity (Wildman–Crippen MR) is 67.4 cm³/mol. The Balaban J connectivity index is 2.33. The van der Waals surface area contributed by atoms with Crippen molar-refractivity contribution in [2.75, 3.05) is 6.61 Å². The number of hydrogen-bond donors (Lipinski definition) is 1. The van der Waals surface area contributed by atoms with Crippen LogP contribution in [-0.4, -0.2) is 17.7 Å². The van der Waals surface area contributed by atoms with Gasteiger partial charge in [0, 0.05) is 0 Å². The molecule has 0 aliphatic heterocycles. The molecule has 1 unspecified atom stereocenters. The second-order valence-electron chi connectivity index (χ2n) is 4.55. The maximum Gasteiger partial charge on any atom is 0.306 e. The van der Waals surface area contributed by atoms with Crippen molar-refractivity contribution in [3.8, 4) is 5.75 Å². The average molecular weight is 236 g/mol. The molecule has 0 bridgehead atoms. The summed E-state index contributed by atoms with van der Waals surface area (Å²) in [5.41, 5.74) is 2.36. The van der Waals surface area contributed by atoms with Crippen LogP contribution in [0.3, 0.4) is 0 Å². The maximum absolute atomic E-state index is 10.6. The van der Waals surface area contributed by atoms with Gasteiger partial charge in [-0.25, -0.2) is 0 Å². The third-order valence-electron chi connectivity index (χ3n) is 2.67. The standard InChI is InChI=1S/C14H20O3/c1-10-7-11(2)9-13(8-10)17-6-4-5-12(3)14(15)16/h7-9,12H,4-6H2,1-3H3,(H,15,16). The van der Waals surface area contributed by atoms with E-state index in [0.717, 1.165) is 12.2 Å². The second-order valence-corrected chi connectivity index (χ2v) is 4.55. The van der Waals surface area contributed by atoms with Gasteiger partial charge in [-0.3, -0.25) is 4.79 Å². The van der Waals surface area contributed by atoms with Gasteiger partial charge in [0.2, 0.25) is 0 Å². The van der Waals surface area contributed by atoms with Crippen molar-refractivity contribution >= 4 is 5.97 Å². The molecule has 0 aromatic heterocycles. The van der Waals surface area contributed by atoms with Crippen molar-refractivity contribution in [2.45, 2.75) is 33.6 Å². The van der Waals surface area contributed by atoms with E-state index in [1.54, 1.807) is 6.92 Å². The number of benzene rings is 1. The van der Waals surface area contributed by atoms with Gasteiger partial charge in [0.1, 0.15) is 5.75 Å². The molecule has 1 aromatic carbocycles. The number of carboxylic acid groups (broad SMARTS) is 1. The molecule has 0 fully saturated rings. The lowest BCUT2D eigenvalue weighted by atomic mass is 10.1. The summed E-state index contributed by atoms with van der Waals surface area (Å²) in [7, 11) is 0. The molecule has 1 rings (SSSR count). The van der Waals surface area contributed by atoms with Gasteiger partial charge in [-0.05, 0) is 49.9 Å². The van der Waals surface area contributed by atoms with Crippen molar-refractivity contribution in [3.63, 3.8) is 0 Å². The minimum absolute atomic E-state index is 0.294. The van der Waals surface area contributed by atoms with Gasteiger partial charge in [0.15, 0.2) is 0 Å². The normalized spacial score (nSPS) is 12.2. The summed E-state index contributed by atoms with van der Waals surface area (Å²) in [5, 5.41) is 8.73. The van der Waals surface area contributed by atoms with Crippen LogP contribution in [-0.2, 0) is 4.79 Å². The highest BCUT2D eigenvalue weighted by molar-refractivity contribution is 5.69. The van der Waals surface area contributed by atoms with E-state index in [-0.39, 0.29) is 5.92 Å². The largest absolute Gasteiger partial charge is 0.494 e. The smallest absolute Gasteiger partial charge is 0.306 e. The number of carboxylic acids is 1. The lowest BCUT2D eigenvalue weighted by Gasteiger charge is -2.09. The van der Waals surface area contributed by atoms with Gasteiger partial charge in [0.25, 0.3) is 0 Å². The summed E-state index contributed by atoms with van der Waals surface area (Å²) in [6.07, 6.45) is 1.42. The Morgan fingerprint density at radius 3 is 2.41 bits per heavy atom. The molecule has 17 heavy (non-hydrogen) atoms. The lowest BCUT2D eigenvalue weighted by Crippen LogP contribution is -2.10. The van der Waals surface area contributed by atoms with Gasteiger partial charge < -0.3 is 9.84 Å². The molecule has 94 valence electrons. The number of hydrogen-bond acceptors (Lipinski definition) is 2. The van der Waals surface area contributed by atoms with Crippen molar-refractivity contribution in [2.24, 2.45) is 5.92 Å². The molecule has 3 nitrogen and oxygen atoms in total. The van der Waals surface area contributed by atoms with E-state index in [9.17, 15) is 4.79 Å². The Labute approximate surface area is 102 Å². The van der Waals surface area contributed by atoms with Crippen molar-refractivity contribution < 1.29 is 14.6 Å². The van der Waals surface area contributed by atoms with Crippen LogP contribution >= 0.6 is 0 Å². The maximum atomic E-state index is 10.6. The summed E-state index contributed by atoms with van der Waals surface area (Å²) >= 11 is 0. The first-order valence-corrected chi connectivity index (χ1v) is 5.93. The summed E-state index contributed by atoms with van der Waals surface area (Å²) in [6.45, 7) is 6.36. The topological polar surface area (TPSA) is 46.5 Å². The number of rotatable bonds is 6. The minimum atomic E-state index is -0.739. The fraction of sp³-hybridized carbons (Fsp3) is 0.500. The monoisotopic (exact) mass is 236 g/mol. The molecule has 1 aromatic rings. The molecule has 0 radical (unpaired) electrons. The first-order chi connectivity index (χ1) is 7.99. The molecule has 0 heterocycles. The molecule has 0 aliphatic rings. The first-order valence-electron chi connectivity index (χ1n) is 5.93. The molecule has 0 saturated carbocycles. The number of aliphatic carboxylic acids is 1. The molecule has 3 heteroatoms. The van der Waals surface area contributed by atoms with Crippen LogP contribution in [0.15, 0.2) is 18.2 Å². The Kier molecular flexibility index (Phi) is 5.01. The van der Waals surface area contributed by atoms with Gasteiger partial charge in [-0.2, -0.15) is 0 Å². The highest BCUT2D eigenvalue weighted by Crippen LogP contribution is 2.17. The van der Waals surface area contributed by atoms with E-state index in [1.807, 2.05) is 26.0 Å². The van der Waals surface area contributed by atoms with Crippen LogP contribution in [0, 0.1) is 19.8 Å².